The van der Waals surface area contributed by atoms with Gasteiger partial charge in [-0.1, -0.05) is 6.07 Å². The Morgan fingerprint density at radius 2 is 2.10 bits per heavy atom. The van der Waals surface area contributed by atoms with Gasteiger partial charge in [0, 0.05) is 17.0 Å². The number of benzene rings is 1. The number of amides is 1. The molecular weight excluding hydrogens is 293 g/mol. The predicted molar refractivity (Wildman–Crippen MR) is 81.1 cm³/mol. The zero-order valence-electron chi connectivity index (χ0n) is 12.6. The standard InChI is InChI=1S/C13H18FNO2S.CH2N2/c1-13(2,3)17-12(16)15-8-9-5-6-10(18-4)7-11(9)14;2-1-3/h5-7H,8H2,1-4H3,(H,15,16);2H2. The van der Waals surface area contributed by atoms with Crippen LogP contribution in [0.3, 0.4) is 0 Å². The van der Waals surface area contributed by atoms with Crippen LogP contribution in [0.25, 0.3) is 0 Å². The van der Waals surface area contributed by atoms with Crippen molar-refractivity contribution in [3.8, 4) is 6.19 Å². The van der Waals surface area contributed by atoms with Crippen LogP contribution in [0.1, 0.15) is 26.3 Å². The highest BCUT2D eigenvalue weighted by molar-refractivity contribution is 7.98. The first-order valence-electron chi connectivity index (χ1n) is 6.12. The maximum Gasteiger partial charge on any atom is 0.407 e. The van der Waals surface area contributed by atoms with Crippen molar-refractivity contribution in [1.29, 1.82) is 5.26 Å². The molecule has 0 aliphatic carbocycles. The van der Waals surface area contributed by atoms with Crippen LogP contribution in [0.2, 0.25) is 0 Å². The van der Waals surface area contributed by atoms with Crippen molar-refractivity contribution < 1.29 is 13.9 Å². The van der Waals surface area contributed by atoms with Crippen LogP contribution >= 0.6 is 11.8 Å². The maximum atomic E-state index is 13.6. The third-order valence-corrected chi connectivity index (χ3v) is 2.81. The summed E-state index contributed by atoms with van der Waals surface area (Å²) in [6, 6.07) is 4.94. The summed E-state index contributed by atoms with van der Waals surface area (Å²) in [7, 11) is 0. The predicted octanol–water partition coefficient (Wildman–Crippen LogP) is 3.00. The normalized spacial score (nSPS) is 9.90. The molecule has 1 aromatic carbocycles. The summed E-state index contributed by atoms with van der Waals surface area (Å²) in [4.78, 5) is 12.3. The summed E-state index contributed by atoms with van der Waals surface area (Å²) in [5.41, 5.74) is 4.05. The molecule has 0 aliphatic rings. The second-order valence-electron chi connectivity index (χ2n) is 4.94. The van der Waals surface area contributed by atoms with Crippen LogP contribution < -0.4 is 11.1 Å². The Balaban J connectivity index is 0.00000122. The number of nitrogens with two attached hydrogens (primary N) is 1. The van der Waals surface area contributed by atoms with Crippen molar-refractivity contribution in [1.82, 2.24) is 5.32 Å². The van der Waals surface area contributed by atoms with Crippen molar-refractivity contribution in [2.45, 2.75) is 37.8 Å². The molecule has 21 heavy (non-hydrogen) atoms. The average molecular weight is 313 g/mol. The minimum atomic E-state index is -0.550. The van der Waals surface area contributed by atoms with Crippen LogP contribution in [0.5, 0.6) is 0 Å². The number of thioether (sulfide) groups is 1. The van der Waals surface area contributed by atoms with Crippen LogP contribution in [0.4, 0.5) is 9.18 Å². The Labute approximate surface area is 128 Å². The van der Waals surface area contributed by atoms with Crippen LogP contribution in [0, 0.1) is 17.3 Å². The van der Waals surface area contributed by atoms with E-state index in [2.05, 4.69) is 11.1 Å². The van der Waals surface area contributed by atoms with Gasteiger partial charge in [-0.2, -0.15) is 5.26 Å². The lowest BCUT2D eigenvalue weighted by Gasteiger charge is -2.19. The number of ether oxygens (including phenoxy) is 1. The second-order valence-corrected chi connectivity index (χ2v) is 5.82. The summed E-state index contributed by atoms with van der Waals surface area (Å²) >= 11 is 1.47. The summed E-state index contributed by atoms with van der Waals surface area (Å²) < 4.78 is 18.7. The van der Waals surface area contributed by atoms with Crippen LogP contribution in [-0.2, 0) is 11.3 Å². The molecule has 0 bridgehead atoms. The van der Waals surface area contributed by atoms with Crippen molar-refractivity contribution in [2.24, 2.45) is 5.73 Å². The third kappa shape index (κ3) is 8.76. The summed E-state index contributed by atoms with van der Waals surface area (Å²) in [5.74, 6) is -0.321. The highest BCUT2D eigenvalue weighted by Crippen LogP contribution is 2.18. The number of hydrogen-bond donors (Lipinski definition) is 2. The van der Waals surface area contributed by atoms with Gasteiger partial charge in [0.25, 0.3) is 0 Å². The lowest BCUT2D eigenvalue weighted by molar-refractivity contribution is 0.0523. The van der Waals surface area contributed by atoms with Crippen molar-refractivity contribution in [3.05, 3.63) is 29.6 Å². The number of nitrogens with one attached hydrogen (secondary N) is 1. The third-order valence-electron chi connectivity index (χ3n) is 2.08. The van der Waals surface area contributed by atoms with E-state index >= 15 is 0 Å². The van der Waals surface area contributed by atoms with E-state index < -0.39 is 11.7 Å². The van der Waals surface area contributed by atoms with Gasteiger partial charge in [-0.05, 0) is 39.2 Å². The van der Waals surface area contributed by atoms with Crippen molar-refractivity contribution >= 4 is 17.9 Å². The molecule has 0 atom stereocenters. The number of carbonyl (C=O) groups excluding carboxylic acids is 1. The molecule has 7 heteroatoms. The number of hydrogen-bond acceptors (Lipinski definition) is 5. The van der Waals surface area contributed by atoms with Crippen molar-refractivity contribution in [2.75, 3.05) is 6.26 Å². The number of nitrogens with zero attached hydrogens (tertiary/aromatic N) is 1. The summed E-state index contributed by atoms with van der Waals surface area (Å²) in [6.07, 6.45) is 2.59. The highest BCUT2D eigenvalue weighted by atomic mass is 32.2. The molecule has 3 N–H and O–H groups in total. The Bertz CT molecular complexity index is 510. The first-order valence-corrected chi connectivity index (χ1v) is 7.35. The van der Waals surface area contributed by atoms with Gasteiger partial charge in [-0.3, -0.25) is 0 Å². The molecule has 1 rings (SSSR count). The topological polar surface area (TPSA) is 88.1 Å². The average Bonchev–Trinajstić information content (AvgIpc) is 2.36. The number of nitriles is 1. The number of halogens is 1. The molecule has 0 radical (unpaired) electrons. The number of carbonyl (C=O) groups is 1. The maximum absolute atomic E-state index is 13.6. The first kappa shape index (κ1) is 19.1. The number of alkyl carbamates (subject to hydrolysis) is 1. The number of rotatable bonds is 3. The molecule has 0 unspecified atom stereocenters. The Morgan fingerprint density at radius 3 is 2.52 bits per heavy atom. The second kappa shape index (κ2) is 9.08. The van der Waals surface area contributed by atoms with Gasteiger partial charge in [-0.15, -0.1) is 11.8 Å². The molecule has 1 aromatic rings. The quantitative estimate of drug-likeness (QED) is 0.509. The van der Waals surface area contributed by atoms with Crippen molar-refractivity contribution in [3.63, 3.8) is 0 Å². The molecule has 5 nitrogen and oxygen atoms in total. The molecule has 0 aromatic heterocycles. The molecule has 0 heterocycles. The van der Waals surface area contributed by atoms with E-state index in [1.165, 1.54) is 24.0 Å². The van der Waals surface area contributed by atoms with Crippen LogP contribution in [-0.4, -0.2) is 18.0 Å². The lowest BCUT2D eigenvalue weighted by atomic mass is 10.2. The SMILES string of the molecule is CSc1ccc(CNC(=O)OC(C)(C)C)c(F)c1.N#CN. The summed E-state index contributed by atoms with van der Waals surface area (Å²) in [6.45, 7) is 5.46. The fourth-order valence-electron chi connectivity index (χ4n) is 1.28. The van der Waals surface area contributed by atoms with Gasteiger partial charge < -0.3 is 15.8 Å². The van der Waals surface area contributed by atoms with Gasteiger partial charge in [-0.25, -0.2) is 9.18 Å². The minimum absolute atomic E-state index is 0.120. The molecule has 0 fully saturated rings. The molecule has 0 spiro atoms. The zero-order valence-corrected chi connectivity index (χ0v) is 13.4. The van der Waals surface area contributed by atoms with Gasteiger partial charge >= 0.3 is 6.09 Å². The molecular formula is C14H20FN3O2S. The monoisotopic (exact) mass is 313 g/mol. The first-order chi connectivity index (χ1) is 9.73. The molecule has 116 valence electrons. The fraction of sp³-hybridized carbons (Fsp3) is 0.429. The van der Waals surface area contributed by atoms with E-state index in [0.717, 1.165) is 4.90 Å². The van der Waals surface area contributed by atoms with Crippen LogP contribution in [0.15, 0.2) is 23.1 Å². The van der Waals surface area contributed by atoms with E-state index in [-0.39, 0.29) is 12.4 Å². The Morgan fingerprint density at radius 1 is 1.52 bits per heavy atom. The van der Waals surface area contributed by atoms with E-state index in [1.54, 1.807) is 26.8 Å². The van der Waals surface area contributed by atoms with Gasteiger partial charge in [0.2, 0.25) is 0 Å². The molecule has 1 amide bonds. The zero-order chi connectivity index (χ0) is 16.5. The van der Waals surface area contributed by atoms with Gasteiger partial charge in [0.15, 0.2) is 6.19 Å². The smallest absolute Gasteiger partial charge is 0.407 e. The van der Waals surface area contributed by atoms with E-state index in [0.29, 0.717) is 5.56 Å². The summed E-state index contributed by atoms with van der Waals surface area (Å²) in [5, 5.41) is 9.62. The molecule has 0 saturated heterocycles. The highest BCUT2D eigenvalue weighted by Gasteiger charge is 2.16. The Kier molecular flexibility index (Phi) is 8.24. The van der Waals surface area contributed by atoms with E-state index in [1.807, 2.05) is 12.3 Å². The van der Waals surface area contributed by atoms with E-state index in [4.69, 9.17) is 10.00 Å². The van der Waals surface area contributed by atoms with E-state index in [9.17, 15) is 9.18 Å². The van der Waals surface area contributed by atoms with Gasteiger partial charge in [0.1, 0.15) is 11.4 Å². The molecule has 0 aliphatic heterocycles. The Hall–Kier alpha value is -1.94. The largest absolute Gasteiger partial charge is 0.444 e. The lowest BCUT2D eigenvalue weighted by Crippen LogP contribution is -2.32. The minimum Gasteiger partial charge on any atom is -0.444 e. The molecule has 0 saturated carbocycles. The fourth-order valence-corrected chi connectivity index (χ4v) is 1.71. The van der Waals surface area contributed by atoms with Gasteiger partial charge in [0.05, 0.1) is 0 Å².